The molecular weight excluding hydrogens is 454 g/mol. The molecule has 198 valence electrons. The number of aliphatic carboxylic acids is 1. The number of nitrogens with zero attached hydrogens (tertiary/aromatic N) is 1. The number of nitrogens with one attached hydrogen (secondary N) is 4. The van der Waals surface area contributed by atoms with Crippen LogP contribution in [-0.2, 0) is 24.0 Å². The van der Waals surface area contributed by atoms with Crippen LogP contribution in [0.2, 0.25) is 0 Å². The van der Waals surface area contributed by atoms with E-state index < -0.39 is 42.0 Å². The summed E-state index contributed by atoms with van der Waals surface area (Å²) in [6.07, 6.45) is 3.29. The van der Waals surface area contributed by atoms with Crippen LogP contribution in [0.1, 0.15) is 66.7 Å². The van der Waals surface area contributed by atoms with Gasteiger partial charge < -0.3 is 31.3 Å². The maximum Gasteiger partial charge on any atom is 0.325 e. The van der Waals surface area contributed by atoms with Gasteiger partial charge in [-0.15, -0.1) is 0 Å². The summed E-state index contributed by atoms with van der Waals surface area (Å²) in [6.45, 7) is 9.88. The zero-order valence-corrected chi connectivity index (χ0v) is 21.4. The lowest BCUT2D eigenvalue weighted by Crippen LogP contribution is -2.59. The van der Waals surface area contributed by atoms with Gasteiger partial charge >= 0.3 is 5.97 Å². The van der Waals surface area contributed by atoms with Crippen molar-refractivity contribution >= 4 is 29.6 Å². The molecule has 0 aliphatic carbocycles. The van der Waals surface area contributed by atoms with Crippen LogP contribution in [0.3, 0.4) is 0 Å². The van der Waals surface area contributed by atoms with Gasteiger partial charge in [-0.2, -0.15) is 0 Å². The minimum atomic E-state index is -1.17. The van der Waals surface area contributed by atoms with E-state index in [1.807, 2.05) is 20.8 Å². The highest BCUT2D eigenvalue weighted by molar-refractivity contribution is 5.96. The van der Waals surface area contributed by atoms with Crippen LogP contribution in [-0.4, -0.2) is 82.9 Å². The van der Waals surface area contributed by atoms with Crippen LogP contribution in [0.5, 0.6) is 0 Å². The van der Waals surface area contributed by atoms with Crippen molar-refractivity contribution in [3.63, 3.8) is 0 Å². The van der Waals surface area contributed by atoms with Crippen molar-refractivity contribution in [1.29, 1.82) is 0 Å². The second kappa shape index (κ2) is 12.9. The third-order valence-corrected chi connectivity index (χ3v) is 6.97. The van der Waals surface area contributed by atoms with E-state index in [1.54, 1.807) is 6.92 Å². The second-order valence-electron chi connectivity index (χ2n) is 10.0. The van der Waals surface area contributed by atoms with E-state index in [0.29, 0.717) is 25.8 Å². The molecule has 2 rings (SSSR count). The lowest BCUT2D eigenvalue weighted by molar-refractivity contribution is -0.144. The monoisotopic (exact) mass is 495 g/mol. The molecule has 2 aliphatic rings. The molecule has 11 heteroatoms. The van der Waals surface area contributed by atoms with E-state index >= 15 is 0 Å². The molecule has 0 bridgehead atoms. The standard InChI is InChI=1S/C24H41N5O6/c1-6-14(4)19(22(32)26-15(5)24(34)35)28-21(31)17-10-8-12-29(17)23(33)18(13(2)3)27-20(30)16-9-7-11-25-16/h13-19,25H,6-12H2,1-5H3,(H,26,32)(H,27,30)(H,28,31)(H,34,35)/t14-,15-,16-,17-,18-,19-/m0/s1. The fourth-order valence-corrected chi connectivity index (χ4v) is 4.47. The van der Waals surface area contributed by atoms with E-state index in [9.17, 15) is 24.0 Å². The van der Waals surface area contributed by atoms with Gasteiger partial charge in [0.2, 0.25) is 23.6 Å². The van der Waals surface area contributed by atoms with Crippen molar-refractivity contribution in [3.8, 4) is 0 Å². The van der Waals surface area contributed by atoms with Crippen LogP contribution in [0.25, 0.3) is 0 Å². The van der Waals surface area contributed by atoms with Gasteiger partial charge in [0, 0.05) is 6.54 Å². The molecule has 0 aromatic heterocycles. The Bertz CT molecular complexity index is 797. The van der Waals surface area contributed by atoms with Crippen molar-refractivity contribution < 1.29 is 29.1 Å². The molecule has 0 spiro atoms. The number of carbonyl (C=O) groups excluding carboxylic acids is 4. The first-order valence-corrected chi connectivity index (χ1v) is 12.7. The van der Waals surface area contributed by atoms with Crippen molar-refractivity contribution in [2.24, 2.45) is 11.8 Å². The molecule has 2 heterocycles. The first-order valence-electron chi connectivity index (χ1n) is 12.7. The summed E-state index contributed by atoms with van der Waals surface area (Å²) in [5.74, 6) is -3.14. The summed E-state index contributed by atoms with van der Waals surface area (Å²) in [6, 6.07) is -3.87. The summed E-state index contributed by atoms with van der Waals surface area (Å²) in [5.41, 5.74) is 0. The van der Waals surface area contributed by atoms with Crippen LogP contribution >= 0.6 is 0 Å². The van der Waals surface area contributed by atoms with Crippen molar-refractivity contribution in [3.05, 3.63) is 0 Å². The Morgan fingerprint density at radius 3 is 2.14 bits per heavy atom. The second-order valence-corrected chi connectivity index (χ2v) is 10.0. The van der Waals surface area contributed by atoms with Gasteiger partial charge in [-0.1, -0.05) is 34.1 Å². The Morgan fingerprint density at radius 1 is 0.943 bits per heavy atom. The molecule has 0 aromatic carbocycles. The number of carboxylic acids is 1. The normalized spacial score (nSPS) is 23.3. The molecule has 4 amide bonds. The summed E-state index contributed by atoms with van der Waals surface area (Å²) < 4.78 is 0. The van der Waals surface area contributed by atoms with Crippen LogP contribution < -0.4 is 21.3 Å². The van der Waals surface area contributed by atoms with Crippen LogP contribution in [0.4, 0.5) is 0 Å². The third kappa shape index (κ3) is 7.39. The minimum absolute atomic E-state index is 0.173. The quantitative estimate of drug-likeness (QED) is 0.270. The van der Waals surface area contributed by atoms with Crippen LogP contribution in [0, 0.1) is 11.8 Å². The average molecular weight is 496 g/mol. The van der Waals surface area contributed by atoms with Gasteiger partial charge in [-0.25, -0.2) is 0 Å². The molecule has 35 heavy (non-hydrogen) atoms. The number of hydrogen-bond donors (Lipinski definition) is 5. The first kappa shape index (κ1) is 28.5. The number of likely N-dealkylation sites (tertiary alicyclic amines) is 1. The predicted octanol–water partition coefficient (Wildman–Crippen LogP) is -0.00960. The number of amides is 4. The van der Waals surface area contributed by atoms with Gasteiger partial charge in [0.1, 0.15) is 24.2 Å². The molecule has 0 radical (unpaired) electrons. The maximum atomic E-state index is 13.4. The smallest absolute Gasteiger partial charge is 0.325 e. The lowest BCUT2D eigenvalue weighted by Gasteiger charge is -2.32. The SMILES string of the molecule is CC[C@H](C)[C@H](NC(=O)[C@@H]1CCCN1C(=O)[C@@H](NC(=O)[C@@H]1CCCN1)C(C)C)C(=O)N[C@@H](C)C(=O)O. The topological polar surface area (TPSA) is 157 Å². The summed E-state index contributed by atoms with van der Waals surface area (Å²) in [7, 11) is 0. The van der Waals surface area contributed by atoms with Gasteiger partial charge in [0.15, 0.2) is 0 Å². The molecule has 0 saturated carbocycles. The fraction of sp³-hybridized carbons (Fsp3) is 0.792. The number of carboxylic acid groups (broad SMARTS) is 1. The molecule has 2 aliphatic heterocycles. The molecule has 6 atom stereocenters. The van der Waals surface area contributed by atoms with E-state index in [2.05, 4.69) is 21.3 Å². The Kier molecular flexibility index (Phi) is 10.5. The molecule has 0 unspecified atom stereocenters. The first-order chi connectivity index (χ1) is 16.5. The van der Waals surface area contributed by atoms with Crippen molar-refractivity contribution in [2.75, 3.05) is 13.1 Å². The highest BCUT2D eigenvalue weighted by Gasteiger charge is 2.41. The summed E-state index contributed by atoms with van der Waals surface area (Å²) in [4.78, 5) is 64.7. The van der Waals surface area contributed by atoms with E-state index in [4.69, 9.17) is 5.11 Å². The molecule has 11 nitrogen and oxygen atoms in total. The zero-order valence-electron chi connectivity index (χ0n) is 21.4. The molecule has 2 fully saturated rings. The largest absolute Gasteiger partial charge is 0.480 e. The van der Waals surface area contributed by atoms with Gasteiger partial charge in [0.25, 0.3) is 0 Å². The minimum Gasteiger partial charge on any atom is -0.480 e. The van der Waals surface area contributed by atoms with Crippen LogP contribution in [0.15, 0.2) is 0 Å². The highest BCUT2D eigenvalue weighted by atomic mass is 16.4. The number of rotatable bonds is 11. The van der Waals surface area contributed by atoms with E-state index in [-0.39, 0.29) is 29.7 Å². The molecule has 2 saturated heterocycles. The Morgan fingerprint density at radius 2 is 1.60 bits per heavy atom. The Labute approximate surface area is 207 Å². The lowest BCUT2D eigenvalue weighted by atomic mass is 9.97. The Balaban J connectivity index is 2.12. The molecular formula is C24H41N5O6. The summed E-state index contributed by atoms with van der Waals surface area (Å²) in [5, 5.41) is 20.3. The zero-order chi connectivity index (χ0) is 26.3. The van der Waals surface area contributed by atoms with Crippen molar-refractivity contribution in [1.82, 2.24) is 26.2 Å². The van der Waals surface area contributed by atoms with E-state index in [0.717, 1.165) is 19.4 Å². The third-order valence-electron chi connectivity index (χ3n) is 6.97. The van der Waals surface area contributed by atoms with Gasteiger partial charge in [-0.05, 0) is 51.0 Å². The highest BCUT2D eigenvalue weighted by Crippen LogP contribution is 2.22. The van der Waals surface area contributed by atoms with Gasteiger partial charge in [0.05, 0.1) is 6.04 Å². The number of carbonyl (C=O) groups is 5. The fourth-order valence-electron chi connectivity index (χ4n) is 4.47. The Hall–Kier alpha value is -2.69. The molecule has 5 N–H and O–H groups in total. The summed E-state index contributed by atoms with van der Waals surface area (Å²) >= 11 is 0. The van der Waals surface area contributed by atoms with Crippen molar-refractivity contribution in [2.45, 2.75) is 96.9 Å². The predicted molar refractivity (Wildman–Crippen MR) is 129 cm³/mol. The van der Waals surface area contributed by atoms with E-state index in [1.165, 1.54) is 11.8 Å². The maximum absolute atomic E-state index is 13.4. The molecule has 0 aromatic rings. The number of hydrogen-bond acceptors (Lipinski definition) is 6. The average Bonchev–Trinajstić information content (AvgIpc) is 3.51. The van der Waals surface area contributed by atoms with Gasteiger partial charge in [-0.3, -0.25) is 24.0 Å².